The van der Waals surface area contributed by atoms with E-state index < -0.39 is 0 Å². The molecule has 0 N–H and O–H groups in total. The lowest BCUT2D eigenvalue weighted by atomic mass is 9.93. The maximum absolute atomic E-state index is 5.34. The fourth-order valence-electron chi connectivity index (χ4n) is 14.7. The minimum atomic E-state index is 0.608. The summed E-state index contributed by atoms with van der Waals surface area (Å²) in [5.74, 6) is 3.77. The normalized spacial score (nSPS) is 11.3. The molecule has 0 unspecified atom stereocenters. The van der Waals surface area contributed by atoms with Gasteiger partial charge in [-0.2, -0.15) is 0 Å². The molecule has 0 aliphatic heterocycles. The van der Waals surface area contributed by atoms with Crippen LogP contribution in [0.5, 0.6) is 0 Å². The van der Waals surface area contributed by atoms with E-state index in [0.29, 0.717) is 34.9 Å². The smallest absolute Gasteiger partial charge is 0.164 e. The number of fused-ring (bicyclic) bond motifs is 10. The van der Waals surface area contributed by atoms with Crippen LogP contribution in [0.4, 0.5) is 0 Å². The average Bonchev–Trinajstić information content (AvgIpc) is 0.741. The summed E-state index contributed by atoms with van der Waals surface area (Å²) in [7, 11) is 0. The van der Waals surface area contributed by atoms with E-state index in [1.807, 2.05) is 72.8 Å². The summed E-state index contributed by atoms with van der Waals surface area (Å²) in [6.45, 7) is 0. The topological polar surface area (TPSA) is 103 Å². The highest BCUT2D eigenvalue weighted by molar-refractivity contribution is 6.24. The van der Waals surface area contributed by atoms with E-state index in [-0.39, 0.29) is 0 Å². The van der Waals surface area contributed by atoms with Crippen LogP contribution in [-0.2, 0) is 0 Å². The molecule has 8 nitrogen and oxygen atoms in total. The van der Waals surface area contributed by atoms with E-state index in [1.54, 1.807) is 0 Å². The van der Waals surface area contributed by atoms with E-state index >= 15 is 0 Å². The van der Waals surface area contributed by atoms with Gasteiger partial charge in [0.2, 0.25) is 0 Å². The monoisotopic (exact) mass is 1380 g/mol. The molecule has 16 aromatic carbocycles. The molecular weight excluding hydrogens is 1310 g/mol. The summed E-state index contributed by atoms with van der Waals surface area (Å²) < 4.78 is 0. The van der Waals surface area contributed by atoms with E-state index in [9.17, 15) is 0 Å². The first-order valence-electron chi connectivity index (χ1n) is 36.3. The highest BCUT2D eigenvalue weighted by Crippen LogP contribution is 2.42. The lowest BCUT2D eigenvalue weighted by Crippen LogP contribution is -2.00. The van der Waals surface area contributed by atoms with Crippen molar-refractivity contribution in [3.05, 3.63) is 388 Å². The fourth-order valence-corrected chi connectivity index (χ4v) is 14.7. The summed E-state index contributed by atoms with van der Waals surface area (Å²) in [6.07, 6.45) is 0. The van der Waals surface area contributed by atoms with E-state index in [0.717, 1.165) is 99.6 Å². The van der Waals surface area contributed by atoms with Crippen molar-refractivity contribution in [3.63, 3.8) is 0 Å². The minimum absolute atomic E-state index is 0.608. The third-order valence-corrected chi connectivity index (χ3v) is 20.2. The van der Waals surface area contributed by atoms with Crippen LogP contribution in [0.3, 0.4) is 0 Å². The van der Waals surface area contributed by atoms with Crippen molar-refractivity contribution >= 4 is 64.9 Å². The van der Waals surface area contributed by atoms with E-state index in [2.05, 4.69) is 315 Å². The molecule has 0 aliphatic carbocycles. The Morgan fingerprint density at radius 1 is 0.130 bits per heavy atom. The highest BCUT2D eigenvalue weighted by atomic mass is 15.0. The summed E-state index contributed by atoms with van der Waals surface area (Å²) in [6, 6.07) is 135. The predicted octanol–water partition coefficient (Wildman–Crippen LogP) is 25.5. The number of aromatic nitrogens is 8. The molecular formula is C100H64N8. The zero-order valence-corrected chi connectivity index (χ0v) is 58.5. The first kappa shape index (κ1) is 64.3. The molecule has 20 aromatic rings. The zero-order valence-electron chi connectivity index (χ0n) is 58.5. The number of rotatable bonds is 12. The van der Waals surface area contributed by atoms with Gasteiger partial charge >= 0.3 is 0 Å². The molecule has 108 heavy (non-hydrogen) atoms. The number of hydrogen-bond donors (Lipinski definition) is 0. The molecule has 0 aliphatic rings. The molecule has 0 saturated heterocycles. The third-order valence-electron chi connectivity index (χ3n) is 20.2. The van der Waals surface area contributed by atoms with Gasteiger partial charge in [-0.05, 0) is 90.3 Å². The molecule has 0 atom stereocenters. The van der Waals surface area contributed by atoms with Gasteiger partial charge in [0.1, 0.15) is 0 Å². The largest absolute Gasteiger partial charge is 0.247 e. The Morgan fingerprint density at radius 2 is 0.352 bits per heavy atom. The lowest BCUT2D eigenvalue weighted by Gasteiger charge is -2.14. The number of pyridine rings is 2. The maximum Gasteiger partial charge on any atom is 0.164 e. The van der Waals surface area contributed by atoms with Gasteiger partial charge in [0, 0.05) is 76.8 Å². The van der Waals surface area contributed by atoms with Crippen LogP contribution in [0, 0.1) is 0 Å². The van der Waals surface area contributed by atoms with Crippen LogP contribution in [-0.4, -0.2) is 39.9 Å². The molecule has 0 radical (unpaired) electrons. The van der Waals surface area contributed by atoms with Gasteiger partial charge in [-0.3, -0.25) is 0 Å². The highest BCUT2D eigenvalue weighted by Gasteiger charge is 2.20. The second-order valence-corrected chi connectivity index (χ2v) is 26.9. The van der Waals surface area contributed by atoms with Crippen molar-refractivity contribution < 1.29 is 0 Å². The molecule has 0 bridgehead atoms. The molecule has 4 heterocycles. The summed E-state index contributed by atoms with van der Waals surface area (Å²) in [5.41, 5.74) is 20.8. The number of nitrogens with zero attached hydrogens (tertiary/aromatic N) is 8. The molecule has 4 aromatic heterocycles. The molecule has 504 valence electrons. The Labute approximate surface area is 624 Å². The number of hydrogen-bond acceptors (Lipinski definition) is 8. The SMILES string of the molecule is c1ccc(-c2ccc(-c3nc(-c4ccc(-c5ccccc5)cc4)nc(-c4ccc(-c5nc6ccc(-c7ccccc7)cc6c6c5ccc5ccccc56)cc4)n3)cc2)cc1.c1ccc(-c2ccc3nc(-c4ccc(-c5nc(-c6ccccc6)nc(-c6ccccc6)n5)cc4)c4ccc5ccccc5c4c3c2)cc1. The summed E-state index contributed by atoms with van der Waals surface area (Å²) in [4.78, 5) is 40.5. The lowest BCUT2D eigenvalue weighted by molar-refractivity contribution is 1.07. The predicted molar refractivity (Wildman–Crippen MR) is 446 cm³/mol. The average molecular weight is 1380 g/mol. The van der Waals surface area contributed by atoms with Crippen molar-refractivity contribution in [1.29, 1.82) is 0 Å². The van der Waals surface area contributed by atoms with Gasteiger partial charge in [0.05, 0.1) is 22.4 Å². The van der Waals surface area contributed by atoms with Crippen LogP contribution >= 0.6 is 0 Å². The Balaban J connectivity index is 0.000000151. The van der Waals surface area contributed by atoms with Gasteiger partial charge in [-0.15, -0.1) is 0 Å². The van der Waals surface area contributed by atoms with Gasteiger partial charge in [-0.1, -0.05) is 364 Å². The Morgan fingerprint density at radius 3 is 0.657 bits per heavy atom. The molecule has 0 fully saturated rings. The second kappa shape index (κ2) is 28.2. The van der Waals surface area contributed by atoms with Crippen molar-refractivity contribution in [2.24, 2.45) is 0 Å². The van der Waals surface area contributed by atoms with Crippen molar-refractivity contribution in [2.45, 2.75) is 0 Å². The van der Waals surface area contributed by atoms with Crippen LogP contribution in [0.15, 0.2) is 388 Å². The molecule has 0 spiro atoms. The second-order valence-electron chi connectivity index (χ2n) is 26.9. The van der Waals surface area contributed by atoms with Crippen LogP contribution in [0.1, 0.15) is 0 Å². The Hall–Kier alpha value is -14.6. The molecule has 0 saturated carbocycles. The first-order valence-corrected chi connectivity index (χ1v) is 36.3. The zero-order chi connectivity index (χ0) is 71.7. The first-order chi connectivity index (χ1) is 53.5. The minimum Gasteiger partial charge on any atom is -0.247 e. The Kier molecular flexibility index (Phi) is 16.8. The third kappa shape index (κ3) is 12.6. The maximum atomic E-state index is 5.34. The van der Waals surface area contributed by atoms with Gasteiger partial charge in [0.25, 0.3) is 0 Å². The quantitative estimate of drug-likeness (QED) is 0.111. The van der Waals surface area contributed by atoms with Crippen LogP contribution in [0.25, 0.3) is 200 Å². The molecule has 20 rings (SSSR count). The Bertz CT molecular complexity index is 6550. The van der Waals surface area contributed by atoms with Crippen molar-refractivity contribution in [1.82, 2.24) is 39.9 Å². The molecule has 0 amide bonds. The molecule has 8 heteroatoms. The van der Waals surface area contributed by atoms with Crippen molar-refractivity contribution in [2.75, 3.05) is 0 Å². The van der Waals surface area contributed by atoms with Crippen molar-refractivity contribution in [3.8, 4) is 135 Å². The number of benzene rings is 16. The van der Waals surface area contributed by atoms with E-state index in [4.69, 9.17) is 39.9 Å². The van der Waals surface area contributed by atoms with Crippen LogP contribution < -0.4 is 0 Å². The van der Waals surface area contributed by atoms with Gasteiger partial charge < -0.3 is 0 Å². The summed E-state index contributed by atoms with van der Waals surface area (Å²) >= 11 is 0. The van der Waals surface area contributed by atoms with Gasteiger partial charge in [-0.25, -0.2) is 39.9 Å². The fraction of sp³-hybridized carbons (Fsp3) is 0. The standard InChI is InChI=1S/C56H36N4.C44H28N4/c1-4-12-37(13-5-1)40-20-26-44(27-21-40)54-58-55(45-28-22-41(23-29-45)38-14-6-2-7-15-38)60-56(59-54)46-30-24-43(25-31-46)53-49-34-32-42-18-10-11-19-48(42)52(49)50-36-47(33-35-51(50)57-53)39-16-8-3-9-17-39;1-4-12-29(13-5-1)35-25-27-39-38(28-35)40-36-19-11-10-14-30(36)24-26-37(40)41(45-39)31-20-22-34(23-21-31)44-47-42(32-15-6-2-7-16-32)46-43(48-44)33-17-8-3-9-18-33/h1-36H;1-28H. The van der Waals surface area contributed by atoms with E-state index in [1.165, 1.54) is 65.7 Å². The summed E-state index contributed by atoms with van der Waals surface area (Å²) in [5, 5.41) is 11.8. The van der Waals surface area contributed by atoms with Gasteiger partial charge in [0.15, 0.2) is 34.9 Å². The van der Waals surface area contributed by atoms with Crippen LogP contribution in [0.2, 0.25) is 0 Å².